The van der Waals surface area contributed by atoms with Crippen LogP contribution in [0.25, 0.3) is 0 Å². The second-order valence-corrected chi connectivity index (χ2v) is 4.09. The van der Waals surface area contributed by atoms with Gasteiger partial charge in [-0.3, -0.25) is 0 Å². The van der Waals surface area contributed by atoms with Gasteiger partial charge in [0, 0.05) is 11.1 Å². The average molecular weight is 248 g/mol. The van der Waals surface area contributed by atoms with Crippen molar-refractivity contribution in [3.63, 3.8) is 0 Å². The first-order chi connectivity index (χ1) is 8.19. The molecule has 86 valence electrons. The summed E-state index contributed by atoms with van der Waals surface area (Å²) in [6.45, 7) is 2.02. The van der Waals surface area contributed by atoms with Crippen LogP contribution in [0.1, 0.15) is 5.56 Å². The topological polar surface area (TPSA) is 47.2 Å². The fraction of sp³-hybridized carbons (Fsp3) is 0.0769. The molecule has 2 rings (SSSR count). The van der Waals surface area contributed by atoms with E-state index in [1.807, 2.05) is 31.2 Å². The lowest BCUT2D eigenvalue weighted by Gasteiger charge is -2.07. The van der Waals surface area contributed by atoms with E-state index in [-0.39, 0.29) is 0 Å². The van der Waals surface area contributed by atoms with Crippen LogP contribution in [-0.4, -0.2) is 0 Å². The summed E-state index contributed by atoms with van der Waals surface area (Å²) in [6.07, 6.45) is 0. The highest BCUT2D eigenvalue weighted by atomic mass is 35.5. The maximum absolute atomic E-state index is 5.90. The standard InChI is InChI=1S/C13H11ClN2O/c1-9-2-5-11(6-3-9)17-13-8-10(14)4-7-12(13)16-15/h2-8,15H,1H3/p+1. The summed E-state index contributed by atoms with van der Waals surface area (Å²) in [7, 11) is 0. The molecule has 0 saturated heterocycles. The Balaban J connectivity index is 2.31. The minimum atomic E-state index is 0.545. The van der Waals surface area contributed by atoms with Crippen LogP contribution < -0.4 is 10.3 Å². The highest BCUT2D eigenvalue weighted by molar-refractivity contribution is 6.30. The van der Waals surface area contributed by atoms with E-state index in [1.165, 1.54) is 5.56 Å². The summed E-state index contributed by atoms with van der Waals surface area (Å²) >= 11 is 5.90. The summed E-state index contributed by atoms with van der Waals surface area (Å²) in [4.78, 5) is 0. The van der Waals surface area contributed by atoms with Crippen molar-refractivity contribution < 1.29 is 10.3 Å². The van der Waals surface area contributed by atoms with Crippen LogP contribution in [0.3, 0.4) is 0 Å². The third-order valence-electron chi connectivity index (χ3n) is 2.31. The number of benzene rings is 2. The van der Waals surface area contributed by atoms with E-state index in [1.54, 1.807) is 18.2 Å². The van der Waals surface area contributed by atoms with Gasteiger partial charge < -0.3 is 4.74 Å². The maximum Gasteiger partial charge on any atom is 0.172 e. The van der Waals surface area contributed by atoms with Crippen molar-refractivity contribution >= 4 is 17.3 Å². The SMILES string of the molecule is Cc1ccc(Oc2cc(Cl)ccc2N=[NH2+])cc1. The van der Waals surface area contributed by atoms with Gasteiger partial charge in [-0.25, -0.2) is 0 Å². The van der Waals surface area contributed by atoms with Gasteiger partial charge in [-0.05, 0) is 36.3 Å². The first-order valence-corrected chi connectivity index (χ1v) is 5.52. The van der Waals surface area contributed by atoms with E-state index in [2.05, 4.69) is 5.11 Å². The molecule has 0 atom stereocenters. The lowest BCUT2D eigenvalue weighted by atomic mass is 10.2. The summed E-state index contributed by atoms with van der Waals surface area (Å²) in [5, 5.41) is 4.22. The Kier molecular flexibility index (Phi) is 3.40. The Morgan fingerprint density at radius 1 is 1.12 bits per heavy atom. The fourth-order valence-electron chi connectivity index (χ4n) is 1.41. The van der Waals surface area contributed by atoms with Crippen molar-refractivity contribution in [2.75, 3.05) is 0 Å². The molecule has 0 aliphatic heterocycles. The zero-order chi connectivity index (χ0) is 12.3. The number of nitrogens with two attached hydrogens (primary N) is 1. The number of aryl methyl sites for hydroxylation is 1. The Labute approximate surface area is 105 Å². The Hall–Kier alpha value is -1.87. The number of halogens is 1. The third-order valence-corrected chi connectivity index (χ3v) is 2.54. The largest absolute Gasteiger partial charge is 0.455 e. The number of hydrogen-bond donors (Lipinski definition) is 1. The van der Waals surface area contributed by atoms with Gasteiger partial charge in [0.05, 0.1) is 0 Å². The maximum atomic E-state index is 5.90. The van der Waals surface area contributed by atoms with E-state index >= 15 is 0 Å². The third kappa shape index (κ3) is 2.82. The Bertz CT molecular complexity index is 538. The Morgan fingerprint density at radius 3 is 2.47 bits per heavy atom. The van der Waals surface area contributed by atoms with E-state index in [0.29, 0.717) is 16.5 Å². The van der Waals surface area contributed by atoms with Crippen LogP contribution in [0.2, 0.25) is 5.02 Å². The van der Waals surface area contributed by atoms with Gasteiger partial charge in [0.2, 0.25) is 0 Å². The van der Waals surface area contributed by atoms with Crippen molar-refractivity contribution in [1.82, 2.24) is 0 Å². The number of hydrogen-bond acceptors (Lipinski definition) is 2. The van der Waals surface area contributed by atoms with Gasteiger partial charge in [0.25, 0.3) is 0 Å². The number of ether oxygens (including phenoxy) is 1. The highest BCUT2D eigenvalue weighted by Crippen LogP contribution is 2.33. The zero-order valence-electron chi connectivity index (χ0n) is 9.35. The molecule has 2 aromatic rings. The first kappa shape index (κ1) is 11.6. The van der Waals surface area contributed by atoms with Crippen LogP contribution >= 0.6 is 11.6 Å². The van der Waals surface area contributed by atoms with Crippen LogP contribution in [-0.2, 0) is 0 Å². The second kappa shape index (κ2) is 4.97. The Morgan fingerprint density at radius 2 is 1.82 bits per heavy atom. The molecule has 0 fully saturated rings. The molecule has 2 N–H and O–H groups in total. The quantitative estimate of drug-likeness (QED) is 0.832. The smallest absolute Gasteiger partial charge is 0.172 e. The molecule has 0 spiro atoms. The van der Waals surface area contributed by atoms with Crippen molar-refractivity contribution in [2.24, 2.45) is 5.11 Å². The molecule has 17 heavy (non-hydrogen) atoms. The van der Waals surface area contributed by atoms with E-state index in [9.17, 15) is 0 Å². The van der Waals surface area contributed by atoms with E-state index in [4.69, 9.17) is 21.9 Å². The molecule has 0 aromatic heterocycles. The summed E-state index contributed by atoms with van der Waals surface area (Å²) in [5.74, 6) is 1.27. The molecule has 0 amide bonds. The van der Waals surface area contributed by atoms with Gasteiger partial charge in [-0.1, -0.05) is 29.3 Å². The molecule has 2 aromatic carbocycles. The van der Waals surface area contributed by atoms with Crippen LogP contribution in [0, 0.1) is 6.92 Å². The van der Waals surface area contributed by atoms with E-state index in [0.717, 1.165) is 5.75 Å². The fourth-order valence-corrected chi connectivity index (χ4v) is 1.57. The lowest BCUT2D eigenvalue weighted by molar-refractivity contribution is -0.210. The van der Waals surface area contributed by atoms with Crippen molar-refractivity contribution in [1.29, 1.82) is 0 Å². The molecule has 0 unspecified atom stereocenters. The lowest BCUT2D eigenvalue weighted by Crippen LogP contribution is -2.22. The predicted molar refractivity (Wildman–Crippen MR) is 66.7 cm³/mol. The highest BCUT2D eigenvalue weighted by Gasteiger charge is 2.07. The second-order valence-electron chi connectivity index (χ2n) is 3.66. The van der Waals surface area contributed by atoms with Gasteiger partial charge in [-0.15, -0.1) is 0 Å². The normalized spacial score (nSPS) is 10.0. The van der Waals surface area contributed by atoms with Gasteiger partial charge in [0.15, 0.2) is 11.4 Å². The van der Waals surface area contributed by atoms with Gasteiger partial charge in [-0.2, -0.15) is 5.53 Å². The monoisotopic (exact) mass is 247 g/mol. The molecule has 0 bridgehead atoms. The van der Waals surface area contributed by atoms with Gasteiger partial charge in [0.1, 0.15) is 5.75 Å². The van der Waals surface area contributed by atoms with E-state index < -0.39 is 0 Å². The van der Waals surface area contributed by atoms with Crippen molar-refractivity contribution in [3.05, 3.63) is 53.1 Å². The first-order valence-electron chi connectivity index (χ1n) is 5.14. The molecular formula is C13H12ClN2O+. The number of rotatable bonds is 3. The molecule has 3 nitrogen and oxygen atoms in total. The summed E-state index contributed by atoms with van der Waals surface area (Å²) < 4.78 is 5.68. The summed E-state index contributed by atoms with van der Waals surface area (Å²) in [6, 6.07) is 12.8. The molecule has 0 heterocycles. The zero-order valence-corrected chi connectivity index (χ0v) is 10.1. The minimum absolute atomic E-state index is 0.545. The average Bonchev–Trinajstić information content (AvgIpc) is 2.32. The van der Waals surface area contributed by atoms with Crippen LogP contribution in [0.15, 0.2) is 47.6 Å². The molecule has 0 radical (unpaired) electrons. The molecular weight excluding hydrogens is 236 g/mol. The molecule has 4 heteroatoms. The predicted octanol–water partition coefficient (Wildman–Crippen LogP) is 3.28. The van der Waals surface area contributed by atoms with Crippen LogP contribution in [0.4, 0.5) is 5.69 Å². The number of nitrogens with zero attached hydrogens (tertiary/aromatic N) is 1. The van der Waals surface area contributed by atoms with Crippen LogP contribution in [0.5, 0.6) is 11.5 Å². The van der Waals surface area contributed by atoms with Gasteiger partial charge >= 0.3 is 0 Å². The molecule has 0 aliphatic rings. The van der Waals surface area contributed by atoms with Crippen molar-refractivity contribution in [2.45, 2.75) is 6.92 Å². The molecule has 0 aliphatic carbocycles. The minimum Gasteiger partial charge on any atom is -0.455 e. The van der Waals surface area contributed by atoms with Crippen molar-refractivity contribution in [3.8, 4) is 11.5 Å². The summed E-state index contributed by atoms with van der Waals surface area (Å²) in [5.41, 5.74) is 7.02. The molecule has 0 saturated carbocycles.